The maximum Gasteiger partial charge on any atom is 0.231 e. The standard InChI is InChI=1S/C12H14N4O2/c13-9-6-18-5-8(9)12(17)15-10-2-1-3-11-7(10)4-14-16-11/h1-4,8-9H,5-6,13H2,(H,14,16)(H,15,17). The summed E-state index contributed by atoms with van der Waals surface area (Å²) in [5.74, 6) is -0.388. The zero-order chi connectivity index (χ0) is 12.5. The average molecular weight is 246 g/mol. The molecule has 0 spiro atoms. The van der Waals surface area contributed by atoms with Gasteiger partial charge in [0.05, 0.1) is 36.5 Å². The van der Waals surface area contributed by atoms with Crippen molar-refractivity contribution in [1.29, 1.82) is 0 Å². The average Bonchev–Trinajstić information content (AvgIpc) is 2.97. The lowest BCUT2D eigenvalue weighted by molar-refractivity contribution is -0.120. The van der Waals surface area contributed by atoms with Crippen LogP contribution < -0.4 is 11.1 Å². The van der Waals surface area contributed by atoms with Gasteiger partial charge in [0.15, 0.2) is 0 Å². The molecule has 94 valence electrons. The van der Waals surface area contributed by atoms with Crippen LogP contribution in [0.5, 0.6) is 0 Å². The number of H-pyrrole nitrogens is 1. The number of nitrogens with one attached hydrogen (secondary N) is 2. The number of nitrogens with two attached hydrogens (primary N) is 1. The predicted molar refractivity (Wildman–Crippen MR) is 67.0 cm³/mol. The smallest absolute Gasteiger partial charge is 0.231 e. The van der Waals surface area contributed by atoms with Crippen LogP contribution in [0.15, 0.2) is 24.4 Å². The highest BCUT2D eigenvalue weighted by Gasteiger charge is 2.31. The Labute approximate surface area is 103 Å². The van der Waals surface area contributed by atoms with E-state index in [2.05, 4.69) is 15.5 Å². The molecule has 6 nitrogen and oxygen atoms in total. The van der Waals surface area contributed by atoms with Gasteiger partial charge in [0, 0.05) is 11.4 Å². The van der Waals surface area contributed by atoms with Crippen LogP contribution in [-0.4, -0.2) is 35.4 Å². The number of hydrogen-bond donors (Lipinski definition) is 3. The molecule has 1 aliphatic heterocycles. The molecular weight excluding hydrogens is 232 g/mol. The molecule has 4 N–H and O–H groups in total. The molecule has 0 aliphatic carbocycles. The monoisotopic (exact) mass is 246 g/mol. The lowest BCUT2D eigenvalue weighted by Gasteiger charge is -2.13. The molecule has 1 aliphatic rings. The highest BCUT2D eigenvalue weighted by atomic mass is 16.5. The zero-order valence-corrected chi connectivity index (χ0v) is 9.72. The Morgan fingerprint density at radius 2 is 2.39 bits per heavy atom. The van der Waals surface area contributed by atoms with Crippen LogP contribution >= 0.6 is 0 Å². The molecule has 1 saturated heterocycles. The Balaban J connectivity index is 1.84. The number of ether oxygens (including phenoxy) is 1. The summed E-state index contributed by atoms with van der Waals surface area (Å²) in [7, 11) is 0. The van der Waals surface area contributed by atoms with Gasteiger partial charge in [0.2, 0.25) is 5.91 Å². The van der Waals surface area contributed by atoms with Crippen LogP contribution in [0.2, 0.25) is 0 Å². The van der Waals surface area contributed by atoms with E-state index in [0.29, 0.717) is 13.2 Å². The molecule has 3 rings (SSSR count). The number of amides is 1. The van der Waals surface area contributed by atoms with Gasteiger partial charge in [-0.25, -0.2) is 0 Å². The predicted octanol–water partition coefficient (Wildman–Crippen LogP) is 0.475. The van der Waals surface area contributed by atoms with Crippen LogP contribution in [0.25, 0.3) is 10.9 Å². The van der Waals surface area contributed by atoms with E-state index in [1.165, 1.54) is 0 Å². The van der Waals surface area contributed by atoms with Gasteiger partial charge in [-0.3, -0.25) is 9.89 Å². The fraction of sp³-hybridized carbons (Fsp3) is 0.333. The lowest BCUT2D eigenvalue weighted by atomic mass is 10.0. The number of fused-ring (bicyclic) bond motifs is 1. The Hall–Kier alpha value is -1.92. The van der Waals surface area contributed by atoms with Crippen LogP contribution in [-0.2, 0) is 9.53 Å². The first-order chi connectivity index (χ1) is 8.75. The fourth-order valence-electron chi connectivity index (χ4n) is 2.14. The molecule has 18 heavy (non-hydrogen) atoms. The van der Waals surface area contributed by atoms with Gasteiger partial charge in [-0.1, -0.05) is 6.07 Å². The van der Waals surface area contributed by atoms with Gasteiger partial charge in [-0.05, 0) is 12.1 Å². The second kappa shape index (κ2) is 4.40. The fourth-order valence-corrected chi connectivity index (χ4v) is 2.14. The van der Waals surface area contributed by atoms with E-state index < -0.39 is 0 Å². The van der Waals surface area contributed by atoms with Crippen LogP contribution in [0.3, 0.4) is 0 Å². The van der Waals surface area contributed by atoms with Crippen molar-refractivity contribution >= 4 is 22.5 Å². The number of hydrogen-bond acceptors (Lipinski definition) is 4. The van der Waals surface area contributed by atoms with E-state index in [-0.39, 0.29) is 17.9 Å². The summed E-state index contributed by atoms with van der Waals surface area (Å²) in [4.78, 5) is 12.1. The first kappa shape index (κ1) is 11.2. The van der Waals surface area contributed by atoms with Crippen molar-refractivity contribution in [3.63, 3.8) is 0 Å². The number of rotatable bonds is 2. The summed E-state index contributed by atoms with van der Waals surface area (Å²) >= 11 is 0. The minimum atomic E-state index is -0.285. The number of carbonyl (C=O) groups is 1. The van der Waals surface area contributed by atoms with Gasteiger partial charge in [0.25, 0.3) is 0 Å². The summed E-state index contributed by atoms with van der Waals surface area (Å²) in [6.07, 6.45) is 1.69. The van der Waals surface area contributed by atoms with Crippen LogP contribution in [0, 0.1) is 5.92 Å². The largest absolute Gasteiger partial charge is 0.379 e. The minimum Gasteiger partial charge on any atom is -0.379 e. The number of aromatic amines is 1. The SMILES string of the molecule is NC1COCC1C(=O)Nc1cccc2[nH]ncc12. The normalized spacial score (nSPS) is 23.4. The number of benzene rings is 1. The molecule has 2 aromatic rings. The first-order valence-corrected chi connectivity index (χ1v) is 5.82. The van der Waals surface area contributed by atoms with E-state index in [4.69, 9.17) is 10.5 Å². The second-order valence-electron chi connectivity index (χ2n) is 4.43. The third-order valence-corrected chi connectivity index (χ3v) is 3.20. The molecule has 0 radical (unpaired) electrons. The van der Waals surface area contributed by atoms with E-state index in [1.54, 1.807) is 6.20 Å². The van der Waals surface area contributed by atoms with Gasteiger partial charge < -0.3 is 15.8 Å². The molecule has 2 heterocycles. The van der Waals surface area contributed by atoms with Crippen molar-refractivity contribution in [3.8, 4) is 0 Å². The Morgan fingerprint density at radius 3 is 3.17 bits per heavy atom. The summed E-state index contributed by atoms with van der Waals surface area (Å²) in [5, 5.41) is 10.6. The Bertz CT molecular complexity index is 580. The maximum atomic E-state index is 12.1. The van der Waals surface area contributed by atoms with Crippen LogP contribution in [0.1, 0.15) is 0 Å². The van der Waals surface area contributed by atoms with Gasteiger partial charge >= 0.3 is 0 Å². The summed E-state index contributed by atoms with van der Waals surface area (Å²) < 4.78 is 5.20. The van der Waals surface area contributed by atoms with E-state index in [9.17, 15) is 4.79 Å². The Morgan fingerprint density at radius 1 is 1.50 bits per heavy atom. The Kier molecular flexibility index (Phi) is 2.73. The number of nitrogens with zero attached hydrogens (tertiary/aromatic N) is 1. The molecule has 6 heteroatoms. The number of aromatic nitrogens is 2. The van der Waals surface area contributed by atoms with Crippen molar-refractivity contribution in [2.45, 2.75) is 6.04 Å². The molecule has 0 saturated carbocycles. The first-order valence-electron chi connectivity index (χ1n) is 5.82. The van der Waals surface area contributed by atoms with Gasteiger partial charge in [-0.2, -0.15) is 5.10 Å². The van der Waals surface area contributed by atoms with Crippen molar-refractivity contribution < 1.29 is 9.53 Å². The highest BCUT2D eigenvalue weighted by Crippen LogP contribution is 2.22. The van der Waals surface area contributed by atoms with Crippen molar-refractivity contribution in [2.24, 2.45) is 11.7 Å². The van der Waals surface area contributed by atoms with Crippen molar-refractivity contribution in [3.05, 3.63) is 24.4 Å². The zero-order valence-electron chi connectivity index (χ0n) is 9.72. The molecule has 1 aromatic carbocycles. The van der Waals surface area contributed by atoms with E-state index >= 15 is 0 Å². The van der Waals surface area contributed by atoms with Crippen molar-refractivity contribution in [2.75, 3.05) is 18.5 Å². The molecule has 2 atom stereocenters. The van der Waals surface area contributed by atoms with E-state index in [1.807, 2.05) is 18.2 Å². The molecular formula is C12H14N4O2. The molecule has 1 fully saturated rings. The number of anilines is 1. The molecule has 0 bridgehead atoms. The minimum absolute atomic E-state index is 0.103. The maximum absolute atomic E-state index is 12.1. The molecule has 1 amide bonds. The molecule has 2 unspecified atom stereocenters. The summed E-state index contributed by atoms with van der Waals surface area (Å²) in [6, 6.07) is 5.38. The second-order valence-corrected chi connectivity index (χ2v) is 4.43. The third-order valence-electron chi connectivity index (χ3n) is 3.20. The van der Waals surface area contributed by atoms with Gasteiger partial charge in [-0.15, -0.1) is 0 Å². The van der Waals surface area contributed by atoms with Crippen LogP contribution in [0.4, 0.5) is 5.69 Å². The van der Waals surface area contributed by atoms with E-state index in [0.717, 1.165) is 16.6 Å². The third kappa shape index (κ3) is 1.85. The quantitative estimate of drug-likeness (QED) is 0.718. The molecule has 1 aromatic heterocycles. The topological polar surface area (TPSA) is 93.0 Å². The lowest BCUT2D eigenvalue weighted by Crippen LogP contribution is -2.37. The highest BCUT2D eigenvalue weighted by molar-refractivity contribution is 6.01. The summed E-state index contributed by atoms with van der Waals surface area (Å²) in [5.41, 5.74) is 7.45. The number of carbonyl (C=O) groups excluding carboxylic acids is 1. The van der Waals surface area contributed by atoms with Crippen molar-refractivity contribution in [1.82, 2.24) is 10.2 Å². The summed E-state index contributed by atoms with van der Waals surface area (Å²) in [6.45, 7) is 0.822. The van der Waals surface area contributed by atoms with Gasteiger partial charge in [0.1, 0.15) is 0 Å².